The van der Waals surface area contributed by atoms with Crippen molar-refractivity contribution in [3.8, 4) is 17.3 Å². The molecule has 4 rings (SSSR count). The van der Waals surface area contributed by atoms with Gasteiger partial charge in [0.05, 0.1) is 6.54 Å². The van der Waals surface area contributed by atoms with Crippen molar-refractivity contribution >= 4 is 5.82 Å². The third-order valence-electron chi connectivity index (χ3n) is 4.58. The Hall–Kier alpha value is -3.23. The maximum Gasteiger partial charge on any atom is 0.421 e. The molecule has 0 saturated heterocycles. The second kappa shape index (κ2) is 8.02. The van der Waals surface area contributed by atoms with E-state index in [4.69, 9.17) is 4.74 Å². The van der Waals surface area contributed by atoms with E-state index in [-0.39, 0.29) is 13.2 Å². The second-order valence-electron chi connectivity index (χ2n) is 6.54. The molecule has 0 bridgehead atoms. The molecule has 6 nitrogen and oxygen atoms in total. The monoisotopic (exact) mass is 401 g/mol. The van der Waals surface area contributed by atoms with E-state index in [0.717, 1.165) is 42.1 Å². The van der Waals surface area contributed by atoms with Crippen LogP contribution in [0.25, 0.3) is 11.4 Å². The van der Waals surface area contributed by atoms with Crippen LogP contribution in [0, 0.1) is 0 Å². The minimum Gasteiger partial charge on any atom is -0.475 e. The fourth-order valence-electron chi connectivity index (χ4n) is 3.25. The molecule has 0 aliphatic heterocycles. The molecule has 3 heterocycles. The fourth-order valence-corrected chi connectivity index (χ4v) is 3.25. The predicted octanol–water partition coefficient (Wildman–Crippen LogP) is 3.93. The van der Waals surface area contributed by atoms with Crippen molar-refractivity contribution in [1.29, 1.82) is 0 Å². The maximum absolute atomic E-state index is 13.0. The van der Waals surface area contributed by atoms with Crippen molar-refractivity contribution in [2.75, 3.05) is 18.5 Å². The van der Waals surface area contributed by atoms with Gasteiger partial charge in [0, 0.05) is 35.4 Å². The highest BCUT2D eigenvalue weighted by atomic mass is 19.4. The largest absolute Gasteiger partial charge is 0.475 e. The van der Waals surface area contributed by atoms with Gasteiger partial charge < -0.3 is 10.1 Å². The number of fused-ring (bicyclic) bond motifs is 1. The molecule has 0 spiro atoms. The average Bonchev–Trinajstić information content (AvgIpc) is 3.20. The molecular weight excluding hydrogens is 383 g/mol. The summed E-state index contributed by atoms with van der Waals surface area (Å²) in [4.78, 5) is 17.0. The van der Waals surface area contributed by atoms with Crippen molar-refractivity contribution in [3.63, 3.8) is 0 Å². The van der Waals surface area contributed by atoms with Crippen LogP contribution < -0.4 is 10.1 Å². The van der Waals surface area contributed by atoms with Gasteiger partial charge in [0.1, 0.15) is 18.0 Å². The minimum absolute atomic E-state index is 0.0173. The van der Waals surface area contributed by atoms with E-state index < -0.39 is 17.6 Å². The summed E-state index contributed by atoms with van der Waals surface area (Å²) < 4.78 is 44.3. The minimum atomic E-state index is -4.51. The summed E-state index contributed by atoms with van der Waals surface area (Å²) in [5.74, 6) is 0.868. The molecule has 3 aromatic rings. The van der Waals surface area contributed by atoms with Gasteiger partial charge in [-0.3, -0.25) is 4.98 Å². The van der Waals surface area contributed by atoms with E-state index >= 15 is 0 Å². The first-order valence-corrected chi connectivity index (χ1v) is 9.21. The van der Waals surface area contributed by atoms with Crippen molar-refractivity contribution in [2.24, 2.45) is 0 Å². The first-order chi connectivity index (χ1) is 14.0. The molecule has 1 aliphatic rings. The Morgan fingerprint density at radius 2 is 1.86 bits per heavy atom. The van der Waals surface area contributed by atoms with Crippen LogP contribution in [0.3, 0.4) is 0 Å². The summed E-state index contributed by atoms with van der Waals surface area (Å²) >= 11 is 0. The van der Waals surface area contributed by atoms with Crippen LogP contribution in [0.5, 0.6) is 5.88 Å². The molecule has 29 heavy (non-hydrogen) atoms. The van der Waals surface area contributed by atoms with E-state index in [1.165, 1.54) is 12.3 Å². The zero-order valence-electron chi connectivity index (χ0n) is 15.4. The molecule has 9 heteroatoms. The number of aromatic nitrogens is 4. The lowest BCUT2D eigenvalue weighted by molar-refractivity contribution is -0.139. The Morgan fingerprint density at radius 1 is 1.03 bits per heavy atom. The third kappa shape index (κ3) is 4.28. The van der Waals surface area contributed by atoms with Gasteiger partial charge in [-0.1, -0.05) is 0 Å². The van der Waals surface area contributed by atoms with Gasteiger partial charge in [-0.05, 0) is 43.5 Å². The van der Waals surface area contributed by atoms with E-state index in [1.54, 1.807) is 12.4 Å². The first-order valence-electron chi connectivity index (χ1n) is 9.21. The van der Waals surface area contributed by atoms with Crippen LogP contribution in [0.4, 0.5) is 19.0 Å². The summed E-state index contributed by atoms with van der Waals surface area (Å²) in [6.45, 7) is 0.302. The number of aryl methyl sites for hydroxylation is 1. The van der Waals surface area contributed by atoms with E-state index in [2.05, 4.69) is 25.3 Å². The molecule has 0 atom stereocenters. The molecule has 1 N–H and O–H groups in total. The van der Waals surface area contributed by atoms with Crippen LogP contribution >= 0.6 is 0 Å². The van der Waals surface area contributed by atoms with Crippen molar-refractivity contribution < 1.29 is 17.9 Å². The molecule has 3 aromatic heterocycles. The van der Waals surface area contributed by atoms with E-state index in [9.17, 15) is 13.2 Å². The van der Waals surface area contributed by atoms with Gasteiger partial charge in [-0.25, -0.2) is 15.0 Å². The lowest BCUT2D eigenvalue weighted by atomic mass is 10.2. The molecule has 0 saturated carbocycles. The normalized spacial score (nSPS) is 13.2. The zero-order valence-corrected chi connectivity index (χ0v) is 15.4. The van der Waals surface area contributed by atoms with Crippen LogP contribution in [-0.2, 0) is 19.0 Å². The molecule has 0 fully saturated rings. The number of alkyl halides is 3. The SMILES string of the molecule is FC(F)(F)c1cccnc1OCCNc1nc(-c2ccncc2)nc2c1CCC2. The number of rotatable bonds is 6. The number of pyridine rings is 2. The summed E-state index contributed by atoms with van der Waals surface area (Å²) in [5, 5.41) is 3.18. The number of anilines is 1. The highest BCUT2D eigenvalue weighted by Crippen LogP contribution is 2.34. The molecule has 0 amide bonds. The molecule has 0 aromatic carbocycles. The van der Waals surface area contributed by atoms with Crippen LogP contribution in [-0.4, -0.2) is 33.1 Å². The second-order valence-corrected chi connectivity index (χ2v) is 6.54. The lowest BCUT2D eigenvalue weighted by Gasteiger charge is -2.14. The first kappa shape index (κ1) is 19.1. The van der Waals surface area contributed by atoms with Crippen molar-refractivity contribution in [2.45, 2.75) is 25.4 Å². The van der Waals surface area contributed by atoms with E-state index in [1.807, 2.05) is 12.1 Å². The fraction of sp³-hybridized carbons (Fsp3) is 0.300. The highest BCUT2D eigenvalue weighted by Gasteiger charge is 2.35. The summed E-state index contributed by atoms with van der Waals surface area (Å²) in [7, 11) is 0. The average molecular weight is 401 g/mol. The Kier molecular flexibility index (Phi) is 5.28. The van der Waals surface area contributed by atoms with Gasteiger partial charge in [-0.2, -0.15) is 13.2 Å². The van der Waals surface area contributed by atoms with Crippen molar-refractivity contribution in [3.05, 3.63) is 59.7 Å². The Morgan fingerprint density at radius 3 is 2.66 bits per heavy atom. The maximum atomic E-state index is 13.0. The Labute approximate surface area is 165 Å². The van der Waals surface area contributed by atoms with Gasteiger partial charge in [0.25, 0.3) is 0 Å². The van der Waals surface area contributed by atoms with Crippen LogP contribution in [0.15, 0.2) is 42.9 Å². The van der Waals surface area contributed by atoms with Gasteiger partial charge in [-0.15, -0.1) is 0 Å². The standard InChI is InChI=1S/C20H18F3N5O/c21-20(22,23)15-4-2-8-26-19(15)29-12-11-25-18-14-3-1-5-16(14)27-17(28-18)13-6-9-24-10-7-13/h2,4,6-10H,1,3,5,11-12H2,(H,25,27,28). The summed E-state index contributed by atoms with van der Waals surface area (Å²) in [5.41, 5.74) is 2.02. The van der Waals surface area contributed by atoms with Crippen LogP contribution in [0.2, 0.25) is 0 Å². The quantitative estimate of drug-likeness (QED) is 0.631. The number of nitrogens with one attached hydrogen (secondary N) is 1. The van der Waals surface area contributed by atoms with E-state index in [0.29, 0.717) is 11.6 Å². The molecule has 0 unspecified atom stereocenters. The van der Waals surface area contributed by atoms with Gasteiger partial charge in [0.2, 0.25) is 5.88 Å². The lowest BCUT2D eigenvalue weighted by Crippen LogP contribution is -2.17. The Balaban J connectivity index is 1.46. The number of ether oxygens (including phenoxy) is 1. The molecule has 150 valence electrons. The highest BCUT2D eigenvalue weighted by molar-refractivity contribution is 5.60. The summed E-state index contributed by atoms with van der Waals surface area (Å²) in [6, 6.07) is 5.86. The van der Waals surface area contributed by atoms with Gasteiger partial charge >= 0.3 is 6.18 Å². The zero-order chi connectivity index (χ0) is 20.3. The summed E-state index contributed by atoms with van der Waals surface area (Å²) in [6.07, 6.45) is 2.87. The Bertz CT molecular complexity index is 995. The number of hydrogen-bond acceptors (Lipinski definition) is 6. The molecule has 0 radical (unpaired) electrons. The smallest absolute Gasteiger partial charge is 0.421 e. The van der Waals surface area contributed by atoms with Crippen molar-refractivity contribution in [1.82, 2.24) is 19.9 Å². The predicted molar refractivity (Wildman–Crippen MR) is 101 cm³/mol. The third-order valence-corrected chi connectivity index (χ3v) is 4.58. The molecular formula is C20H18F3N5O. The molecule has 1 aliphatic carbocycles. The number of nitrogens with zero attached hydrogens (tertiary/aromatic N) is 4. The number of halogens is 3. The number of hydrogen-bond donors (Lipinski definition) is 1. The van der Waals surface area contributed by atoms with Crippen LogP contribution in [0.1, 0.15) is 23.2 Å². The van der Waals surface area contributed by atoms with Gasteiger partial charge in [0.15, 0.2) is 5.82 Å². The topological polar surface area (TPSA) is 72.8 Å².